The summed E-state index contributed by atoms with van der Waals surface area (Å²) in [5.74, 6) is 0.733. The molecule has 2 aliphatic rings. The van der Waals surface area contributed by atoms with E-state index in [2.05, 4.69) is 31.0 Å². The number of hydrogen-bond donors (Lipinski definition) is 1. The van der Waals surface area contributed by atoms with Crippen LogP contribution < -0.4 is 5.32 Å². The minimum absolute atomic E-state index is 0.498. The zero-order valence-corrected chi connectivity index (χ0v) is 12.5. The zero-order chi connectivity index (χ0) is 13.1. The van der Waals surface area contributed by atoms with Crippen molar-refractivity contribution in [2.45, 2.75) is 70.7 Å². The lowest BCUT2D eigenvalue weighted by molar-refractivity contribution is 0.0439. The first-order chi connectivity index (χ1) is 8.65. The van der Waals surface area contributed by atoms with E-state index in [9.17, 15) is 0 Å². The fraction of sp³-hybridized carbons (Fsp3) is 1.00. The molecule has 3 heteroatoms. The van der Waals surface area contributed by atoms with Gasteiger partial charge >= 0.3 is 0 Å². The molecule has 1 heterocycles. The molecular formula is C15H30N2O. The van der Waals surface area contributed by atoms with Crippen LogP contribution in [0.25, 0.3) is 0 Å². The molecule has 1 aliphatic heterocycles. The normalized spacial score (nSPS) is 38.5. The Morgan fingerprint density at radius 2 is 2.11 bits per heavy atom. The van der Waals surface area contributed by atoms with Crippen LogP contribution in [0.2, 0.25) is 0 Å². The van der Waals surface area contributed by atoms with Crippen LogP contribution in [-0.2, 0) is 4.74 Å². The Bertz CT molecular complexity index is 257. The molecule has 18 heavy (non-hydrogen) atoms. The highest BCUT2D eigenvalue weighted by Crippen LogP contribution is 2.30. The Balaban J connectivity index is 2.01. The molecule has 0 spiro atoms. The number of rotatable bonds is 4. The van der Waals surface area contributed by atoms with Crippen molar-refractivity contribution in [1.29, 1.82) is 0 Å². The molecule has 4 unspecified atom stereocenters. The Morgan fingerprint density at radius 3 is 2.67 bits per heavy atom. The van der Waals surface area contributed by atoms with Gasteiger partial charge in [0.05, 0.1) is 6.10 Å². The Morgan fingerprint density at radius 1 is 1.33 bits per heavy atom. The summed E-state index contributed by atoms with van der Waals surface area (Å²) in [6, 6.07) is 2.13. The second-order valence-electron chi connectivity index (χ2n) is 6.35. The van der Waals surface area contributed by atoms with Crippen LogP contribution in [0.3, 0.4) is 0 Å². The van der Waals surface area contributed by atoms with Crippen molar-refractivity contribution in [2.24, 2.45) is 5.92 Å². The van der Waals surface area contributed by atoms with E-state index in [1.165, 1.54) is 32.2 Å². The van der Waals surface area contributed by atoms with Crippen LogP contribution in [0.1, 0.15) is 46.5 Å². The zero-order valence-electron chi connectivity index (χ0n) is 12.5. The number of nitrogens with zero attached hydrogens (tertiary/aromatic N) is 1. The Labute approximate surface area is 112 Å². The number of ether oxygens (including phenoxy) is 1. The third kappa shape index (κ3) is 3.06. The molecule has 1 aliphatic carbocycles. The van der Waals surface area contributed by atoms with Gasteiger partial charge in [-0.2, -0.15) is 0 Å². The first kappa shape index (κ1) is 14.3. The first-order valence-electron chi connectivity index (χ1n) is 7.67. The maximum atomic E-state index is 5.54. The predicted octanol–water partition coefficient (Wildman–Crippen LogP) is 2.26. The number of methoxy groups -OCH3 is 1. The summed E-state index contributed by atoms with van der Waals surface area (Å²) >= 11 is 0. The SMILES string of the molecule is CCC1CN(C2CCC(OC)C2)C(C(C)C)CN1. The smallest absolute Gasteiger partial charge is 0.0586 e. The van der Waals surface area contributed by atoms with Gasteiger partial charge in [0.15, 0.2) is 0 Å². The number of hydrogen-bond acceptors (Lipinski definition) is 3. The lowest BCUT2D eigenvalue weighted by Gasteiger charge is -2.45. The minimum Gasteiger partial charge on any atom is -0.381 e. The van der Waals surface area contributed by atoms with Gasteiger partial charge in [0, 0.05) is 38.3 Å². The van der Waals surface area contributed by atoms with Gasteiger partial charge in [-0.25, -0.2) is 0 Å². The van der Waals surface area contributed by atoms with E-state index >= 15 is 0 Å². The molecule has 2 rings (SSSR count). The molecule has 0 radical (unpaired) electrons. The fourth-order valence-corrected chi connectivity index (χ4v) is 3.60. The third-order valence-electron chi connectivity index (χ3n) is 4.89. The van der Waals surface area contributed by atoms with E-state index in [0.717, 1.165) is 18.5 Å². The number of piperazine rings is 1. The van der Waals surface area contributed by atoms with Crippen LogP contribution in [0.4, 0.5) is 0 Å². The summed E-state index contributed by atoms with van der Waals surface area (Å²) in [7, 11) is 1.86. The van der Waals surface area contributed by atoms with Crippen LogP contribution in [0.5, 0.6) is 0 Å². The van der Waals surface area contributed by atoms with Crippen molar-refractivity contribution < 1.29 is 4.74 Å². The highest BCUT2D eigenvalue weighted by atomic mass is 16.5. The van der Waals surface area contributed by atoms with Crippen molar-refractivity contribution in [3.8, 4) is 0 Å². The quantitative estimate of drug-likeness (QED) is 0.833. The molecule has 2 fully saturated rings. The van der Waals surface area contributed by atoms with Crippen molar-refractivity contribution in [3.05, 3.63) is 0 Å². The molecule has 0 aromatic carbocycles. The summed E-state index contributed by atoms with van der Waals surface area (Å²) in [6.45, 7) is 9.38. The first-order valence-corrected chi connectivity index (χ1v) is 7.67. The van der Waals surface area contributed by atoms with Crippen LogP contribution >= 0.6 is 0 Å². The van der Waals surface area contributed by atoms with Gasteiger partial charge in [-0.1, -0.05) is 20.8 Å². The topological polar surface area (TPSA) is 24.5 Å². The molecule has 1 N–H and O–H groups in total. The lowest BCUT2D eigenvalue weighted by atomic mass is 9.95. The summed E-state index contributed by atoms with van der Waals surface area (Å²) in [6.07, 6.45) is 5.53. The predicted molar refractivity (Wildman–Crippen MR) is 75.8 cm³/mol. The molecule has 0 aromatic rings. The van der Waals surface area contributed by atoms with Crippen LogP contribution in [0, 0.1) is 5.92 Å². The Kier molecular flexibility index (Phi) is 5.05. The average Bonchev–Trinajstić information content (AvgIpc) is 2.86. The van der Waals surface area contributed by atoms with Crippen molar-refractivity contribution >= 4 is 0 Å². The van der Waals surface area contributed by atoms with Gasteiger partial charge in [0.25, 0.3) is 0 Å². The van der Waals surface area contributed by atoms with Crippen LogP contribution in [0.15, 0.2) is 0 Å². The molecule has 4 atom stereocenters. The van der Waals surface area contributed by atoms with Crippen molar-refractivity contribution in [1.82, 2.24) is 10.2 Å². The van der Waals surface area contributed by atoms with E-state index in [4.69, 9.17) is 4.74 Å². The molecular weight excluding hydrogens is 224 g/mol. The molecule has 3 nitrogen and oxygen atoms in total. The largest absolute Gasteiger partial charge is 0.381 e. The minimum atomic E-state index is 0.498. The summed E-state index contributed by atoms with van der Waals surface area (Å²) < 4.78 is 5.54. The van der Waals surface area contributed by atoms with E-state index < -0.39 is 0 Å². The molecule has 0 amide bonds. The highest BCUT2D eigenvalue weighted by molar-refractivity contribution is 4.94. The number of nitrogens with one attached hydrogen (secondary N) is 1. The van der Waals surface area contributed by atoms with Gasteiger partial charge in [-0.3, -0.25) is 4.90 Å². The van der Waals surface area contributed by atoms with Gasteiger partial charge in [-0.05, 0) is 31.6 Å². The van der Waals surface area contributed by atoms with Gasteiger partial charge < -0.3 is 10.1 Å². The van der Waals surface area contributed by atoms with E-state index in [-0.39, 0.29) is 0 Å². The third-order valence-corrected chi connectivity index (χ3v) is 4.89. The lowest BCUT2D eigenvalue weighted by Crippen LogP contribution is -2.60. The van der Waals surface area contributed by atoms with Crippen molar-refractivity contribution in [3.63, 3.8) is 0 Å². The Hall–Kier alpha value is -0.120. The second-order valence-corrected chi connectivity index (χ2v) is 6.35. The average molecular weight is 254 g/mol. The van der Waals surface area contributed by atoms with Crippen molar-refractivity contribution in [2.75, 3.05) is 20.2 Å². The molecule has 1 saturated heterocycles. The van der Waals surface area contributed by atoms with E-state index in [1.54, 1.807) is 0 Å². The van der Waals surface area contributed by atoms with Gasteiger partial charge in [-0.15, -0.1) is 0 Å². The summed E-state index contributed by atoms with van der Waals surface area (Å²) in [5, 5.41) is 3.71. The second kappa shape index (κ2) is 6.36. The molecule has 0 aromatic heterocycles. The molecule has 0 bridgehead atoms. The standard InChI is InChI=1S/C15H30N2O/c1-5-12-10-17(15(9-16-12)11(2)3)13-6-7-14(8-13)18-4/h11-16H,5-10H2,1-4H3. The maximum Gasteiger partial charge on any atom is 0.0586 e. The highest BCUT2D eigenvalue weighted by Gasteiger charge is 2.37. The van der Waals surface area contributed by atoms with Gasteiger partial charge in [0.2, 0.25) is 0 Å². The monoisotopic (exact) mass is 254 g/mol. The molecule has 106 valence electrons. The summed E-state index contributed by atoms with van der Waals surface area (Å²) in [5.41, 5.74) is 0. The maximum absolute atomic E-state index is 5.54. The van der Waals surface area contributed by atoms with Gasteiger partial charge in [0.1, 0.15) is 0 Å². The molecule has 1 saturated carbocycles. The summed E-state index contributed by atoms with van der Waals surface area (Å²) in [4.78, 5) is 2.79. The van der Waals surface area contributed by atoms with Crippen LogP contribution in [-0.4, -0.2) is 49.3 Å². The fourth-order valence-electron chi connectivity index (χ4n) is 3.60. The van der Waals surface area contributed by atoms with E-state index in [0.29, 0.717) is 18.2 Å². The van der Waals surface area contributed by atoms with E-state index in [1.807, 2.05) is 7.11 Å².